The van der Waals surface area contributed by atoms with Crippen LogP contribution in [-0.4, -0.2) is 26.2 Å². The van der Waals surface area contributed by atoms with Gasteiger partial charge in [-0.25, -0.2) is 4.39 Å². The van der Waals surface area contributed by atoms with E-state index in [4.69, 9.17) is 11.6 Å². The summed E-state index contributed by atoms with van der Waals surface area (Å²) in [5, 5.41) is 3.61. The highest BCUT2D eigenvalue weighted by molar-refractivity contribution is 6.31. The molecule has 1 aromatic carbocycles. The largest absolute Gasteiger partial charge is 0.370 e. The molecule has 1 spiro atoms. The number of nitrogens with zero attached hydrogens (tertiary/aromatic N) is 1. The van der Waals surface area contributed by atoms with Gasteiger partial charge in [-0.2, -0.15) is 0 Å². The van der Waals surface area contributed by atoms with Crippen molar-refractivity contribution in [3.63, 3.8) is 0 Å². The summed E-state index contributed by atoms with van der Waals surface area (Å²) in [4.78, 5) is 2.26. The summed E-state index contributed by atoms with van der Waals surface area (Å²) in [6.45, 7) is 4.35. The van der Waals surface area contributed by atoms with Crippen molar-refractivity contribution < 1.29 is 4.39 Å². The lowest BCUT2D eigenvalue weighted by atomic mass is 9.79. The van der Waals surface area contributed by atoms with Crippen LogP contribution in [0.4, 0.5) is 10.1 Å². The first kappa shape index (κ1) is 10.4. The summed E-state index contributed by atoms with van der Waals surface area (Å²) in [5.74, 6) is -0.344. The van der Waals surface area contributed by atoms with Crippen LogP contribution in [0.5, 0.6) is 0 Å². The molecule has 2 nitrogen and oxygen atoms in total. The Morgan fingerprint density at radius 3 is 2.81 bits per heavy atom. The van der Waals surface area contributed by atoms with Gasteiger partial charge in [0.25, 0.3) is 0 Å². The van der Waals surface area contributed by atoms with Crippen molar-refractivity contribution in [2.45, 2.75) is 6.42 Å². The van der Waals surface area contributed by atoms with Crippen molar-refractivity contribution in [3.05, 3.63) is 29.0 Å². The number of benzene rings is 1. The Morgan fingerprint density at radius 2 is 2.19 bits per heavy atom. The summed E-state index contributed by atoms with van der Waals surface area (Å²) >= 11 is 5.78. The zero-order valence-electron chi connectivity index (χ0n) is 8.97. The molecule has 16 heavy (non-hydrogen) atoms. The minimum absolute atomic E-state index is 0.211. The summed E-state index contributed by atoms with van der Waals surface area (Å²) < 4.78 is 13.0. The van der Waals surface area contributed by atoms with Crippen LogP contribution in [0.2, 0.25) is 5.02 Å². The van der Waals surface area contributed by atoms with E-state index in [0.29, 0.717) is 5.41 Å². The predicted octanol–water partition coefficient (Wildman–Crippen LogP) is 2.28. The maximum atomic E-state index is 13.0. The van der Waals surface area contributed by atoms with Crippen LogP contribution in [0, 0.1) is 11.2 Å². The van der Waals surface area contributed by atoms with Gasteiger partial charge in [-0.15, -0.1) is 0 Å². The molecule has 4 heteroatoms. The molecule has 2 aliphatic rings. The second-order valence-electron chi connectivity index (χ2n) is 4.88. The van der Waals surface area contributed by atoms with E-state index in [1.807, 2.05) is 0 Å². The third kappa shape index (κ3) is 1.59. The molecule has 2 aliphatic heterocycles. The first-order valence-corrected chi connectivity index (χ1v) is 5.97. The van der Waals surface area contributed by atoms with E-state index in [1.54, 1.807) is 12.1 Å². The number of anilines is 1. The highest BCUT2D eigenvalue weighted by atomic mass is 35.5. The molecule has 0 radical (unpaired) electrons. The topological polar surface area (TPSA) is 15.3 Å². The quantitative estimate of drug-likeness (QED) is 0.810. The smallest absolute Gasteiger partial charge is 0.141 e. The van der Waals surface area contributed by atoms with Crippen LogP contribution in [0.1, 0.15) is 6.42 Å². The van der Waals surface area contributed by atoms with E-state index in [1.165, 1.54) is 12.5 Å². The Bertz CT molecular complexity index is 407. The molecule has 0 saturated carbocycles. The first-order valence-electron chi connectivity index (χ1n) is 5.59. The zero-order valence-corrected chi connectivity index (χ0v) is 9.73. The van der Waals surface area contributed by atoms with Gasteiger partial charge in [-0.1, -0.05) is 11.6 Å². The third-order valence-electron chi connectivity index (χ3n) is 3.65. The first-order chi connectivity index (χ1) is 7.69. The Morgan fingerprint density at radius 1 is 1.38 bits per heavy atom. The molecule has 2 saturated heterocycles. The molecule has 3 rings (SSSR count). The van der Waals surface area contributed by atoms with E-state index in [0.717, 1.165) is 31.9 Å². The molecular formula is C12H14ClFN2. The fraction of sp³-hybridized carbons (Fsp3) is 0.500. The number of hydrogen-bond donors (Lipinski definition) is 1. The fourth-order valence-electron chi connectivity index (χ4n) is 2.69. The molecule has 1 N–H and O–H groups in total. The Kier molecular flexibility index (Phi) is 2.33. The average molecular weight is 241 g/mol. The summed E-state index contributed by atoms with van der Waals surface area (Å²) in [7, 11) is 0. The predicted molar refractivity (Wildman–Crippen MR) is 63.5 cm³/mol. The van der Waals surface area contributed by atoms with E-state index in [2.05, 4.69) is 10.2 Å². The standard InChI is InChI=1S/C12H14ClFN2/c13-10-5-9(1-2-11(10)14)16-7-12(8-16)3-4-15-6-12/h1-2,5,15H,3-4,6-8H2. The molecule has 0 atom stereocenters. The molecule has 0 bridgehead atoms. The average Bonchev–Trinajstić information content (AvgIpc) is 2.69. The summed E-state index contributed by atoms with van der Waals surface area (Å²) in [6.07, 6.45) is 1.25. The second-order valence-corrected chi connectivity index (χ2v) is 5.29. The van der Waals surface area contributed by atoms with Gasteiger partial charge >= 0.3 is 0 Å². The molecule has 1 aromatic rings. The highest BCUT2D eigenvalue weighted by Crippen LogP contribution is 2.39. The molecule has 0 unspecified atom stereocenters. The highest BCUT2D eigenvalue weighted by Gasteiger charge is 2.44. The molecule has 86 valence electrons. The van der Waals surface area contributed by atoms with Gasteiger partial charge in [0.2, 0.25) is 0 Å². The SMILES string of the molecule is Fc1ccc(N2CC3(CCNC3)C2)cc1Cl. The number of hydrogen-bond acceptors (Lipinski definition) is 2. The van der Waals surface area contributed by atoms with Crippen LogP contribution in [0.3, 0.4) is 0 Å². The van der Waals surface area contributed by atoms with E-state index in [-0.39, 0.29) is 10.8 Å². The monoisotopic (exact) mass is 240 g/mol. The van der Waals surface area contributed by atoms with Gasteiger partial charge in [0.1, 0.15) is 5.82 Å². The van der Waals surface area contributed by atoms with Crippen molar-refractivity contribution in [2.75, 3.05) is 31.1 Å². The molecule has 0 aromatic heterocycles. The lowest BCUT2D eigenvalue weighted by molar-refractivity contribution is 0.243. The third-order valence-corrected chi connectivity index (χ3v) is 3.94. The van der Waals surface area contributed by atoms with E-state index in [9.17, 15) is 4.39 Å². The van der Waals surface area contributed by atoms with Gasteiger partial charge < -0.3 is 10.2 Å². The van der Waals surface area contributed by atoms with Crippen molar-refractivity contribution >= 4 is 17.3 Å². The lowest BCUT2D eigenvalue weighted by Gasteiger charge is -2.49. The van der Waals surface area contributed by atoms with Crippen LogP contribution >= 0.6 is 11.6 Å². The molecular weight excluding hydrogens is 227 g/mol. The Labute approximate surface area is 99.4 Å². The Balaban J connectivity index is 1.73. The van der Waals surface area contributed by atoms with Gasteiger partial charge in [0.05, 0.1) is 5.02 Å². The van der Waals surface area contributed by atoms with Crippen LogP contribution in [0.25, 0.3) is 0 Å². The molecule has 0 aliphatic carbocycles. The van der Waals surface area contributed by atoms with Crippen LogP contribution in [0.15, 0.2) is 18.2 Å². The summed E-state index contributed by atoms with van der Waals surface area (Å²) in [6, 6.07) is 4.96. The second kappa shape index (κ2) is 3.60. The van der Waals surface area contributed by atoms with Crippen molar-refractivity contribution in [1.29, 1.82) is 0 Å². The molecule has 2 heterocycles. The van der Waals surface area contributed by atoms with E-state index < -0.39 is 0 Å². The van der Waals surface area contributed by atoms with Crippen LogP contribution in [-0.2, 0) is 0 Å². The number of halogens is 2. The normalized spacial score (nSPS) is 22.5. The van der Waals surface area contributed by atoms with Crippen molar-refractivity contribution in [3.8, 4) is 0 Å². The van der Waals surface area contributed by atoms with Gasteiger partial charge in [-0.05, 0) is 31.2 Å². The fourth-order valence-corrected chi connectivity index (χ4v) is 2.87. The van der Waals surface area contributed by atoms with Crippen molar-refractivity contribution in [1.82, 2.24) is 5.32 Å². The zero-order chi connectivity index (χ0) is 11.2. The minimum Gasteiger partial charge on any atom is -0.370 e. The molecule has 2 fully saturated rings. The molecule has 0 amide bonds. The Hall–Kier alpha value is -0.800. The number of rotatable bonds is 1. The maximum absolute atomic E-state index is 13.0. The van der Waals surface area contributed by atoms with Crippen LogP contribution < -0.4 is 10.2 Å². The van der Waals surface area contributed by atoms with Gasteiger partial charge in [0.15, 0.2) is 0 Å². The minimum atomic E-state index is -0.344. The number of nitrogens with one attached hydrogen (secondary N) is 1. The summed E-state index contributed by atoms with van der Waals surface area (Å²) in [5.41, 5.74) is 1.49. The van der Waals surface area contributed by atoms with Gasteiger partial charge in [0, 0.05) is 30.7 Å². The van der Waals surface area contributed by atoms with E-state index >= 15 is 0 Å². The lowest BCUT2D eigenvalue weighted by Crippen LogP contribution is -2.57. The van der Waals surface area contributed by atoms with Gasteiger partial charge in [-0.3, -0.25) is 0 Å². The maximum Gasteiger partial charge on any atom is 0.141 e. The van der Waals surface area contributed by atoms with Crippen molar-refractivity contribution in [2.24, 2.45) is 5.41 Å².